The number of methoxy groups -OCH3 is 2. The molecule has 0 radical (unpaired) electrons. The van der Waals surface area contributed by atoms with Gasteiger partial charge < -0.3 is 24.6 Å². The molecule has 1 aliphatic rings. The van der Waals surface area contributed by atoms with Gasteiger partial charge in [-0.25, -0.2) is 0 Å². The highest BCUT2D eigenvalue weighted by molar-refractivity contribution is 5.96. The largest absolute Gasteiger partial charge is 0.497 e. The van der Waals surface area contributed by atoms with Crippen molar-refractivity contribution in [3.8, 4) is 11.5 Å². The molecule has 7 nitrogen and oxygen atoms in total. The number of likely N-dealkylation sites (N-methyl/N-ethyl adjacent to an activating group) is 1. The molecule has 3 rings (SSSR count). The van der Waals surface area contributed by atoms with Crippen molar-refractivity contribution in [1.29, 1.82) is 0 Å². The van der Waals surface area contributed by atoms with Gasteiger partial charge in [0, 0.05) is 36.0 Å². The first-order chi connectivity index (χ1) is 14.0. The minimum absolute atomic E-state index is 0.0695. The zero-order valence-corrected chi connectivity index (χ0v) is 17.2. The second-order valence-corrected chi connectivity index (χ2v) is 7.23. The molecule has 7 heteroatoms. The van der Waals surface area contributed by atoms with Crippen LogP contribution < -0.4 is 24.6 Å². The monoisotopic (exact) mass is 398 g/mol. The second-order valence-electron chi connectivity index (χ2n) is 7.23. The molecule has 2 aromatic rings. The average Bonchev–Trinajstić information content (AvgIpc) is 3.14. The molecule has 1 saturated heterocycles. The molecule has 2 amide bonds. The third kappa shape index (κ3) is 5.26. The van der Waals surface area contributed by atoms with E-state index in [1.165, 1.54) is 0 Å². The van der Waals surface area contributed by atoms with E-state index in [1.54, 1.807) is 19.1 Å². The summed E-state index contributed by atoms with van der Waals surface area (Å²) < 4.78 is 10.7. The van der Waals surface area contributed by atoms with Crippen LogP contribution in [0.2, 0.25) is 0 Å². The number of benzene rings is 2. The fourth-order valence-corrected chi connectivity index (χ4v) is 3.51. The van der Waals surface area contributed by atoms with Crippen molar-refractivity contribution >= 4 is 23.2 Å². The van der Waals surface area contributed by atoms with E-state index >= 15 is 0 Å². The molecule has 1 fully saturated rings. The van der Waals surface area contributed by atoms with Crippen molar-refractivity contribution in [2.24, 2.45) is 0 Å². The van der Waals surface area contributed by atoms with Gasteiger partial charge in [0.15, 0.2) is 6.54 Å². The lowest BCUT2D eigenvalue weighted by molar-refractivity contribution is -0.885. The van der Waals surface area contributed by atoms with Gasteiger partial charge in [0.25, 0.3) is 5.91 Å². The standard InChI is InChI=1S/C22H27N3O4/c1-24(14-16-6-11-19(28-2)13-20(16)29-3)15-21(26)23-17-7-9-18(10-8-17)25-12-4-5-22(25)27/h6-11,13H,4-5,12,14-15H2,1-3H3,(H,23,26)/p+1. The average molecular weight is 398 g/mol. The van der Waals surface area contributed by atoms with E-state index in [4.69, 9.17) is 9.47 Å². The number of rotatable bonds is 8. The van der Waals surface area contributed by atoms with Gasteiger partial charge in [-0.3, -0.25) is 9.59 Å². The highest BCUT2D eigenvalue weighted by Gasteiger charge is 2.21. The Morgan fingerprint density at radius 1 is 1.14 bits per heavy atom. The molecule has 0 spiro atoms. The Morgan fingerprint density at radius 3 is 2.52 bits per heavy atom. The van der Waals surface area contributed by atoms with Crippen molar-refractivity contribution in [3.05, 3.63) is 48.0 Å². The van der Waals surface area contributed by atoms with Crippen LogP contribution in [0.5, 0.6) is 11.5 Å². The van der Waals surface area contributed by atoms with E-state index in [0.29, 0.717) is 19.5 Å². The summed E-state index contributed by atoms with van der Waals surface area (Å²) in [7, 11) is 5.21. The Hall–Kier alpha value is -3.06. The molecule has 0 aromatic heterocycles. The smallest absolute Gasteiger partial charge is 0.279 e. The lowest BCUT2D eigenvalue weighted by Gasteiger charge is -2.17. The molecule has 1 heterocycles. The Balaban J connectivity index is 1.54. The fraction of sp³-hybridized carbons (Fsp3) is 0.364. The molecule has 0 aliphatic carbocycles. The Labute approximate surface area is 171 Å². The lowest BCUT2D eigenvalue weighted by atomic mass is 10.2. The number of carbonyl (C=O) groups is 2. The molecular formula is C22H28N3O4+. The van der Waals surface area contributed by atoms with Gasteiger partial charge in [0.05, 0.1) is 21.3 Å². The summed E-state index contributed by atoms with van der Waals surface area (Å²) >= 11 is 0. The fourth-order valence-electron chi connectivity index (χ4n) is 3.51. The third-order valence-corrected chi connectivity index (χ3v) is 4.98. The number of nitrogens with one attached hydrogen (secondary N) is 2. The number of hydrogen-bond acceptors (Lipinski definition) is 4. The van der Waals surface area contributed by atoms with Crippen LogP contribution in [0.1, 0.15) is 18.4 Å². The lowest BCUT2D eigenvalue weighted by Crippen LogP contribution is -3.08. The predicted molar refractivity (Wildman–Crippen MR) is 112 cm³/mol. The summed E-state index contributed by atoms with van der Waals surface area (Å²) in [4.78, 5) is 27.1. The van der Waals surface area contributed by atoms with Gasteiger partial charge in [-0.1, -0.05) is 0 Å². The number of amides is 2. The first-order valence-corrected chi connectivity index (χ1v) is 9.72. The summed E-state index contributed by atoms with van der Waals surface area (Å²) in [6.07, 6.45) is 1.50. The van der Waals surface area contributed by atoms with Gasteiger partial charge >= 0.3 is 0 Å². The topological polar surface area (TPSA) is 72.3 Å². The molecule has 29 heavy (non-hydrogen) atoms. The molecule has 1 atom stereocenters. The number of ether oxygens (including phenoxy) is 2. The Morgan fingerprint density at radius 2 is 1.90 bits per heavy atom. The highest BCUT2D eigenvalue weighted by Crippen LogP contribution is 2.24. The summed E-state index contributed by atoms with van der Waals surface area (Å²) in [6.45, 7) is 1.73. The van der Waals surface area contributed by atoms with Crippen molar-refractivity contribution in [2.45, 2.75) is 19.4 Å². The Bertz CT molecular complexity index is 867. The van der Waals surface area contributed by atoms with Crippen LogP contribution >= 0.6 is 0 Å². The quantitative estimate of drug-likeness (QED) is 0.707. The summed E-state index contributed by atoms with van der Waals surface area (Å²) in [6, 6.07) is 13.1. The van der Waals surface area contributed by atoms with Crippen LogP contribution in [0.15, 0.2) is 42.5 Å². The first kappa shape index (κ1) is 20.7. The third-order valence-electron chi connectivity index (χ3n) is 4.98. The first-order valence-electron chi connectivity index (χ1n) is 9.72. The van der Waals surface area contributed by atoms with Crippen molar-refractivity contribution < 1.29 is 24.0 Å². The second kappa shape index (κ2) is 9.43. The van der Waals surface area contributed by atoms with Gasteiger partial charge in [-0.2, -0.15) is 0 Å². The van der Waals surface area contributed by atoms with Crippen LogP contribution in [-0.2, 0) is 16.1 Å². The normalized spacial score (nSPS) is 14.6. The van der Waals surface area contributed by atoms with Crippen LogP contribution in [0.4, 0.5) is 11.4 Å². The van der Waals surface area contributed by atoms with Gasteiger partial charge in [-0.05, 0) is 42.8 Å². The van der Waals surface area contributed by atoms with E-state index in [0.717, 1.165) is 46.3 Å². The van der Waals surface area contributed by atoms with E-state index in [1.807, 2.05) is 49.5 Å². The Kier molecular flexibility index (Phi) is 6.72. The highest BCUT2D eigenvalue weighted by atomic mass is 16.5. The van der Waals surface area contributed by atoms with E-state index in [9.17, 15) is 9.59 Å². The maximum Gasteiger partial charge on any atom is 0.279 e. The zero-order chi connectivity index (χ0) is 20.8. The molecule has 0 saturated carbocycles. The van der Waals surface area contributed by atoms with Gasteiger partial charge in [0.1, 0.15) is 18.0 Å². The predicted octanol–water partition coefficient (Wildman–Crippen LogP) is 1.48. The van der Waals surface area contributed by atoms with Crippen molar-refractivity contribution in [2.75, 3.05) is 44.6 Å². The van der Waals surface area contributed by atoms with E-state index in [-0.39, 0.29) is 11.8 Å². The number of carbonyl (C=O) groups excluding carboxylic acids is 2. The minimum Gasteiger partial charge on any atom is -0.497 e. The molecule has 0 bridgehead atoms. The van der Waals surface area contributed by atoms with Crippen LogP contribution in [0, 0.1) is 0 Å². The van der Waals surface area contributed by atoms with Crippen LogP contribution in [-0.4, -0.2) is 46.2 Å². The van der Waals surface area contributed by atoms with Crippen molar-refractivity contribution in [3.63, 3.8) is 0 Å². The maximum absolute atomic E-state index is 12.4. The number of nitrogens with zero attached hydrogens (tertiary/aromatic N) is 1. The van der Waals surface area contributed by atoms with Crippen LogP contribution in [0.25, 0.3) is 0 Å². The van der Waals surface area contributed by atoms with Crippen molar-refractivity contribution in [1.82, 2.24) is 0 Å². The van der Waals surface area contributed by atoms with E-state index in [2.05, 4.69) is 5.32 Å². The van der Waals surface area contributed by atoms with Gasteiger partial charge in [0.2, 0.25) is 5.91 Å². The van der Waals surface area contributed by atoms with Crippen LogP contribution in [0.3, 0.4) is 0 Å². The summed E-state index contributed by atoms with van der Waals surface area (Å²) in [5, 5.41) is 2.92. The summed E-state index contributed by atoms with van der Waals surface area (Å²) in [5.74, 6) is 1.57. The molecule has 1 unspecified atom stereocenters. The molecule has 154 valence electrons. The molecule has 1 aliphatic heterocycles. The number of anilines is 2. The molecule has 2 aromatic carbocycles. The van der Waals surface area contributed by atoms with E-state index < -0.39 is 0 Å². The number of hydrogen-bond donors (Lipinski definition) is 2. The minimum atomic E-state index is -0.0695. The SMILES string of the molecule is COc1ccc(C[NH+](C)CC(=O)Nc2ccc(N3CCCC3=O)cc2)c(OC)c1. The maximum atomic E-state index is 12.4. The number of quaternary nitrogens is 1. The van der Waals surface area contributed by atoms with Gasteiger partial charge in [-0.15, -0.1) is 0 Å². The molecular weight excluding hydrogens is 370 g/mol. The molecule has 2 N–H and O–H groups in total. The summed E-state index contributed by atoms with van der Waals surface area (Å²) in [5.41, 5.74) is 2.61. The zero-order valence-electron chi connectivity index (χ0n) is 17.2.